The molecule has 0 radical (unpaired) electrons. The van der Waals surface area contributed by atoms with Gasteiger partial charge in [-0.25, -0.2) is 4.39 Å². The average Bonchev–Trinajstić information content (AvgIpc) is 2.41. The van der Waals surface area contributed by atoms with Crippen molar-refractivity contribution in [3.05, 3.63) is 65.5 Å². The molecule has 0 aliphatic rings. The summed E-state index contributed by atoms with van der Waals surface area (Å²) in [5.74, 6) is -0.192. The van der Waals surface area contributed by atoms with Gasteiger partial charge in [0.05, 0.1) is 0 Å². The molecule has 1 N–H and O–H groups in total. The van der Waals surface area contributed by atoms with Crippen LogP contribution >= 0.6 is 24.8 Å². The molecule has 0 spiro atoms. The van der Waals surface area contributed by atoms with Gasteiger partial charge < -0.3 is 10.2 Å². The van der Waals surface area contributed by atoms with Crippen LogP contribution in [0.3, 0.4) is 0 Å². The molecule has 0 fully saturated rings. The molecule has 0 aliphatic carbocycles. The number of halogens is 3. The van der Waals surface area contributed by atoms with Crippen molar-refractivity contribution < 1.29 is 4.39 Å². The van der Waals surface area contributed by atoms with Gasteiger partial charge in [-0.05, 0) is 35.4 Å². The first-order chi connectivity index (χ1) is 9.15. The highest BCUT2D eigenvalue weighted by atomic mass is 35.5. The molecule has 2 aromatic rings. The molecule has 0 aromatic heterocycles. The Morgan fingerprint density at radius 3 is 1.67 bits per heavy atom. The zero-order valence-electron chi connectivity index (χ0n) is 12.2. The normalized spacial score (nSPS) is 9.48. The zero-order valence-corrected chi connectivity index (χ0v) is 13.8. The van der Waals surface area contributed by atoms with E-state index in [4.69, 9.17) is 0 Å². The lowest BCUT2D eigenvalue weighted by Crippen LogP contribution is -2.13. The minimum Gasteiger partial charge on any atom is -0.378 e. The van der Waals surface area contributed by atoms with Gasteiger partial charge in [-0.1, -0.05) is 24.3 Å². The molecule has 0 saturated heterocycles. The maximum Gasteiger partial charge on any atom is 0.123 e. The van der Waals surface area contributed by atoms with Crippen molar-refractivity contribution in [1.82, 2.24) is 5.32 Å². The molecule has 0 aliphatic heterocycles. The van der Waals surface area contributed by atoms with Gasteiger partial charge in [-0.3, -0.25) is 0 Å². The maximum atomic E-state index is 12.8. The fourth-order valence-electron chi connectivity index (χ4n) is 1.87. The quantitative estimate of drug-likeness (QED) is 0.890. The van der Waals surface area contributed by atoms with E-state index < -0.39 is 0 Å². The SMILES string of the molecule is CN(C)c1ccc(CNCc2ccc(F)cc2)cc1.Cl.Cl. The number of benzene rings is 2. The summed E-state index contributed by atoms with van der Waals surface area (Å²) in [6.07, 6.45) is 0. The summed E-state index contributed by atoms with van der Waals surface area (Å²) in [4.78, 5) is 2.08. The predicted molar refractivity (Wildman–Crippen MR) is 92.2 cm³/mol. The lowest BCUT2D eigenvalue weighted by atomic mass is 10.2. The van der Waals surface area contributed by atoms with Crippen LogP contribution in [0.1, 0.15) is 11.1 Å². The zero-order chi connectivity index (χ0) is 13.7. The van der Waals surface area contributed by atoms with E-state index in [0.717, 1.165) is 18.7 Å². The van der Waals surface area contributed by atoms with Crippen molar-refractivity contribution >= 4 is 30.5 Å². The number of anilines is 1. The standard InChI is InChI=1S/C16H19FN2.2ClH/c1-19(2)16-9-5-14(6-10-16)12-18-11-13-3-7-15(17)8-4-13;;/h3-10,18H,11-12H2,1-2H3;2*1H. The van der Waals surface area contributed by atoms with E-state index in [1.54, 1.807) is 12.1 Å². The fraction of sp³-hybridized carbons (Fsp3) is 0.250. The predicted octanol–water partition coefficient (Wildman–Crippen LogP) is 4.03. The largest absolute Gasteiger partial charge is 0.378 e. The van der Waals surface area contributed by atoms with E-state index in [9.17, 15) is 4.39 Å². The molecule has 2 aromatic carbocycles. The number of nitrogens with zero attached hydrogens (tertiary/aromatic N) is 1. The second kappa shape index (κ2) is 9.61. The molecular weight excluding hydrogens is 310 g/mol. The van der Waals surface area contributed by atoms with E-state index >= 15 is 0 Å². The Morgan fingerprint density at radius 2 is 1.24 bits per heavy atom. The van der Waals surface area contributed by atoms with Gasteiger partial charge in [0.25, 0.3) is 0 Å². The highest BCUT2D eigenvalue weighted by Crippen LogP contribution is 2.12. The Hall–Kier alpha value is -1.29. The summed E-state index contributed by atoms with van der Waals surface area (Å²) >= 11 is 0. The van der Waals surface area contributed by atoms with E-state index in [1.165, 1.54) is 23.4 Å². The van der Waals surface area contributed by atoms with Gasteiger partial charge in [0.1, 0.15) is 5.82 Å². The number of rotatable bonds is 5. The first kappa shape index (κ1) is 19.7. The molecule has 0 saturated carbocycles. The topological polar surface area (TPSA) is 15.3 Å². The van der Waals surface area contributed by atoms with Gasteiger partial charge in [0.2, 0.25) is 0 Å². The highest BCUT2D eigenvalue weighted by Gasteiger charge is 1.97. The molecule has 2 rings (SSSR count). The Bertz CT molecular complexity index is 513. The Kier molecular flexibility index (Phi) is 9.02. The van der Waals surface area contributed by atoms with Crippen LogP contribution in [-0.4, -0.2) is 14.1 Å². The molecule has 0 heterocycles. The first-order valence-electron chi connectivity index (χ1n) is 6.36. The minimum absolute atomic E-state index is 0. The van der Waals surface area contributed by atoms with Crippen LogP contribution in [0.2, 0.25) is 0 Å². The number of nitrogens with one attached hydrogen (secondary N) is 1. The van der Waals surface area contributed by atoms with Crippen molar-refractivity contribution in [2.75, 3.05) is 19.0 Å². The molecule has 0 atom stereocenters. The third kappa shape index (κ3) is 6.34. The summed E-state index contributed by atoms with van der Waals surface area (Å²) in [5, 5.41) is 3.35. The summed E-state index contributed by atoms with van der Waals surface area (Å²) < 4.78 is 12.8. The van der Waals surface area contributed by atoms with Gasteiger partial charge in [-0.2, -0.15) is 0 Å². The molecule has 0 bridgehead atoms. The van der Waals surface area contributed by atoms with Crippen LogP contribution in [0.5, 0.6) is 0 Å². The van der Waals surface area contributed by atoms with E-state index in [1.807, 2.05) is 14.1 Å². The molecule has 0 amide bonds. The summed E-state index contributed by atoms with van der Waals surface area (Å²) in [6, 6.07) is 15.0. The van der Waals surface area contributed by atoms with Crippen molar-refractivity contribution in [3.8, 4) is 0 Å². The van der Waals surface area contributed by atoms with Gasteiger partial charge in [0, 0.05) is 32.9 Å². The molecule has 0 unspecified atom stereocenters. The van der Waals surface area contributed by atoms with Crippen LogP contribution in [-0.2, 0) is 13.1 Å². The van der Waals surface area contributed by atoms with Crippen LogP contribution in [0, 0.1) is 5.82 Å². The third-order valence-corrected chi connectivity index (χ3v) is 3.02. The maximum absolute atomic E-state index is 12.8. The molecular formula is C16H21Cl2FN2. The van der Waals surface area contributed by atoms with Crippen LogP contribution in [0.4, 0.5) is 10.1 Å². The summed E-state index contributed by atoms with van der Waals surface area (Å²) in [7, 11) is 4.06. The van der Waals surface area contributed by atoms with Crippen molar-refractivity contribution in [2.45, 2.75) is 13.1 Å². The Morgan fingerprint density at radius 1 is 0.810 bits per heavy atom. The smallest absolute Gasteiger partial charge is 0.123 e. The molecule has 21 heavy (non-hydrogen) atoms. The van der Waals surface area contributed by atoms with Crippen LogP contribution < -0.4 is 10.2 Å². The second-order valence-corrected chi connectivity index (χ2v) is 4.79. The lowest BCUT2D eigenvalue weighted by molar-refractivity contribution is 0.625. The Labute approximate surface area is 138 Å². The summed E-state index contributed by atoms with van der Waals surface area (Å²) in [6.45, 7) is 1.56. The van der Waals surface area contributed by atoms with E-state index in [0.29, 0.717) is 0 Å². The molecule has 5 heteroatoms. The van der Waals surface area contributed by atoms with Crippen molar-refractivity contribution in [3.63, 3.8) is 0 Å². The van der Waals surface area contributed by atoms with Gasteiger partial charge >= 0.3 is 0 Å². The second-order valence-electron chi connectivity index (χ2n) is 4.79. The lowest BCUT2D eigenvalue weighted by Gasteiger charge is -2.13. The monoisotopic (exact) mass is 330 g/mol. The average molecular weight is 331 g/mol. The fourth-order valence-corrected chi connectivity index (χ4v) is 1.87. The molecule has 116 valence electrons. The van der Waals surface area contributed by atoms with E-state index in [-0.39, 0.29) is 30.6 Å². The van der Waals surface area contributed by atoms with Crippen LogP contribution in [0.15, 0.2) is 48.5 Å². The van der Waals surface area contributed by atoms with Crippen molar-refractivity contribution in [1.29, 1.82) is 0 Å². The minimum atomic E-state index is -0.192. The Balaban J connectivity index is 0.00000200. The molecule has 2 nitrogen and oxygen atoms in total. The van der Waals surface area contributed by atoms with Gasteiger partial charge in [-0.15, -0.1) is 24.8 Å². The summed E-state index contributed by atoms with van der Waals surface area (Å²) in [5.41, 5.74) is 3.53. The van der Waals surface area contributed by atoms with Crippen LogP contribution in [0.25, 0.3) is 0 Å². The third-order valence-electron chi connectivity index (χ3n) is 3.02. The van der Waals surface area contributed by atoms with Gasteiger partial charge in [0.15, 0.2) is 0 Å². The van der Waals surface area contributed by atoms with E-state index in [2.05, 4.69) is 34.5 Å². The van der Waals surface area contributed by atoms with Crippen molar-refractivity contribution in [2.24, 2.45) is 0 Å². The highest BCUT2D eigenvalue weighted by molar-refractivity contribution is 5.85. The number of hydrogen-bond donors (Lipinski definition) is 1. The number of hydrogen-bond acceptors (Lipinski definition) is 2. The first-order valence-corrected chi connectivity index (χ1v) is 6.36.